The fraction of sp³-hybridized carbons (Fsp3) is 0.273. The van der Waals surface area contributed by atoms with E-state index in [9.17, 15) is 28.8 Å². The molecule has 6 amide bonds. The lowest BCUT2D eigenvalue weighted by atomic mass is 9.98. The van der Waals surface area contributed by atoms with E-state index >= 15 is 0 Å². The van der Waals surface area contributed by atoms with Gasteiger partial charge in [-0.1, -0.05) is 71.7 Å². The van der Waals surface area contributed by atoms with Gasteiger partial charge in [0.1, 0.15) is 0 Å². The van der Waals surface area contributed by atoms with Crippen LogP contribution >= 0.6 is 23.2 Å². The molecule has 2 heterocycles. The first-order valence-electron chi connectivity index (χ1n) is 27.7. The summed E-state index contributed by atoms with van der Waals surface area (Å²) in [4.78, 5) is 87.4. The second-order valence-electron chi connectivity index (χ2n) is 20.7. The normalized spacial score (nSPS) is 12.1. The largest absolute Gasteiger partial charge is 0.493 e. The van der Waals surface area contributed by atoms with Crippen LogP contribution in [0.5, 0.6) is 34.5 Å². The minimum absolute atomic E-state index is 0.0687. The second-order valence-corrected chi connectivity index (χ2v) is 21.6. The lowest BCUT2D eigenvalue weighted by molar-refractivity contribution is -0.131. The number of fused-ring (bicyclic) bond motifs is 2. The van der Waals surface area contributed by atoms with Gasteiger partial charge >= 0.3 is 0 Å². The highest BCUT2D eigenvalue weighted by atomic mass is 35.5. The van der Waals surface area contributed by atoms with E-state index in [0.717, 1.165) is 44.5 Å². The van der Waals surface area contributed by atoms with Crippen LogP contribution in [0.2, 0.25) is 10.0 Å². The van der Waals surface area contributed by atoms with Crippen molar-refractivity contribution >= 4 is 58.6 Å². The lowest BCUT2D eigenvalue weighted by Crippen LogP contribution is -2.30. The van der Waals surface area contributed by atoms with E-state index in [-0.39, 0.29) is 86.2 Å². The van der Waals surface area contributed by atoms with Gasteiger partial charge in [-0.2, -0.15) is 0 Å². The number of methoxy groups -OCH3 is 6. The molecule has 4 N–H and O–H groups in total. The van der Waals surface area contributed by atoms with Crippen molar-refractivity contribution in [2.45, 2.75) is 65.0 Å². The van der Waals surface area contributed by atoms with Gasteiger partial charge in [0, 0.05) is 62.4 Å². The number of nitrogens with one attached hydrogen (secondary N) is 4. The number of rotatable bonds is 24. The molecule has 0 bridgehead atoms. The van der Waals surface area contributed by atoms with Crippen molar-refractivity contribution < 1.29 is 57.2 Å². The molecule has 0 atom stereocenters. The van der Waals surface area contributed by atoms with Crippen LogP contribution in [-0.2, 0) is 74.5 Å². The quantitative estimate of drug-likeness (QED) is 0.0447. The zero-order valence-corrected chi connectivity index (χ0v) is 50.1. The fourth-order valence-electron chi connectivity index (χ4n) is 10.5. The second kappa shape index (κ2) is 28.1. The maximum Gasteiger partial charge on any atom is 0.252 e. The van der Waals surface area contributed by atoms with Crippen molar-refractivity contribution in [3.63, 3.8) is 0 Å². The van der Waals surface area contributed by atoms with Crippen LogP contribution in [0.1, 0.15) is 97.1 Å². The molecule has 18 nitrogen and oxygen atoms in total. The van der Waals surface area contributed by atoms with Gasteiger partial charge in [-0.05, 0) is 141 Å². The molecular formula is C66H66Cl2N6O12. The monoisotopic (exact) mass is 1200 g/mol. The molecule has 0 radical (unpaired) electrons. The summed E-state index contributed by atoms with van der Waals surface area (Å²) in [5.41, 5.74) is 8.39. The van der Waals surface area contributed by atoms with Crippen molar-refractivity contribution in [1.82, 2.24) is 31.1 Å². The Morgan fingerprint density at radius 2 is 0.651 bits per heavy atom. The van der Waals surface area contributed by atoms with Gasteiger partial charge in [-0.25, -0.2) is 0 Å². The van der Waals surface area contributed by atoms with Crippen LogP contribution < -0.4 is 49.7 Å². The molecule has 86 heavy (non-hydrogen) atoms. The van der Waals surface area contributed by atoms with Crippen LogP contribution in [0, 0.1) is 0 Å². The predicted molar refractivity (Wildman–Crippen MR) is 325 cm³/mol. The maximum atomic E-state index is 14.1. The van der Waals surface area contributed by atoms with Crippen LogP contribution in [0.25, 0.3) is 0 Å². The van der Waals surface area contributed by atoms with E-state index in [1.807, 2.05) is 48.5 Å². The van der Waals surface area contributed by atoms with Crippen molar-refractivity contribution in [3.05, 3.63) is 209 Å². The van der Waals surface area contributed by atoms with E-state index < -0.39 is 23.6 Å². The zero-order valence-electron chi connectivity index (χ0n) is 48.6. The first-order valence-corrected chi connectivity index (χ1v) is 28.5. The number of carbonyl (C=O) groups is 6. The molecule has 9 rings (SSSR count). The Morgan fingerprint density at radius 1 is 0.372 bits per heavy atom. The van der Waals surface area contributed by atoms with E-state index in [2.05, 4.69) is 21.3 Å². The first-order chi connectivity index (χ1) is 41.6. The molecule has 0 fully saturated rings. The summed E-state index contributed by atoms with van der Waals surface area (Å²) in [6.07, 6.45) is 1.21. The number of nitrogens with zero attached hydrogens (tertiary/aromatic N) is 2. The molecule has 0 unspecified atom stereocenters. The molecule has 446 valence electrons. The number of carbonyl (C=O) groups excluding carboxylic acids is 6. The highest BCUT2D eigenvalue weighted by Crippen LogP contribution is 2.40. The van der Waals surface area contributed by atoms with Crippen LogP contribution in [-0.4, -0.2) is 101 Å². The minimum Gasteiger partial charge on any atom is -0.493 e. The molecule has 2 aliphatic rings. The van der Waals surface area contributed by atoms with Gasteiger partial charge in [-0.3, -0.25) is 28.8 Å². The van der Waals surface area contributed by atoms with E-state index in [0.29, 0.717) is 81.6 Å². The fourth-order valence-corrected chi connectivity index (χ4v) is 10.8. The van der Waals surface area contributed by atoms with Crippen LogP contribution in [0.3, 0.4) is 0 Å². The minimum atomic E-state index is -0.488. The molecule has 0 saturated heterocycles. The molecule has 2 aliphatic heterocycles. The Kier molecular flexibility index (Phi) is 20.0. The lowest BCUT2D eigenvalue weighted by Gasteiger charge is -2.16. The zero-order chi connectivity index (χ0) is 61.0. The summed E-state index contributed by atoms with van der Waals surface area (Å²) in [5.74, 6) is 0.329. The average molecular weight is 1210 g/mol. The summed E-state index contributed by atoms with van der Waals surface area (Å²) >= 11 is 12.2. The van der Waals surface area contributed by atoms with E-state index in [1.165, 1.54) is 42.7 Å². The number of hydrogen-bond acceptors (Lipinski definition) is 12. The van der Waals surface area contributed by atoms with Crippen molar-refractivity contribution in [2.24, 2.45) is 0 Å². The molecule has 0 aromatic heterocycles. The predicted octanol–water partition coefficient (Wildman–Crippen LogP) is 9.02. The smallest absolute Gasteiger partial charge is 0.252 e. The first kappa shape index (κ1) is 61.3. The van der Waals surface area contributed by atoms with Crippen molar-refractivity contribution in [1.29, 1.82) is 0 Å². The number of amides is 6. The van der Waals surface area contributed by atoms with Gasteiger partial charge in [0.05, 0.1) is 77.8 Å². The third kappa shape index (κ3) is 14.6. The van der Waals surface area contributed by atoms with Gasteiger partial charge in [0.2, 0.25) is 23.3 Å². The summed E-state index contributed by atoms with van der Waals surface area (Å²) in [6, 6.07) is 35.7. The Balaban J connectivity index is 0.847. The van der Waals surface area contributed by atoms with Crippen molar-refractivity contribution in [3.8, 4) is 34.5 Å². The molecule has 0 aliphatic carbocycles. The molecular weight excluding hydrogens is 1140 g/mol. The third-order valence-corrected chi connectivity index (χ3v) is 15.6. The Morgan fingerprint density at radius 3 is 0.930 bits per heavy atom. The summed E-state index contributed by atoms with van der Waals surface area (Å²) in [5, 5.41) is 13.0. The Labute approximate surface area is 508 Å². The summed E-state index contributed by atoms with van der Waals surface area (Å²) in [7, 11) is 9.03. The van der Waals surface area contributed by atoms with Gasteiger partial charge in [-0.15, -0.1) is 0 Å². The Bertz CT molecular complexity index is 3400. The molecule has 0 spiro atoms. The van der Waals surface area contributed by atoms with E-state index in [1.54, 1.807) is 82.6 Å². The van der Waals surface area contributed by atoms with Crippen LogP contribution in [0.15, 0.2) is 121 Å². The number of halogens is 2. The molecule has 7 aromatic carbocycles. The topological polar surface area (TPSA) is 212 Å². The number of ether oxygens (including phenoxy) is 6. The Hall–Kier alpha value is -9.26. The highest BCUT2D eigenvalue weighted by molar-refractivity contribution is 6.30. The number of benzene rings is 7. The third-order valence-electron chi connectivity index (χ3n) is 15.1. The standard InChI is InChI=1S/C66H66Cl2N6O12/c1-81-55-23-43(24-56(82-2)61(55)85-5)33-71-65(79)53-31-47-37-73(35-45(47)29-51(53)63(77)69-21-19-39-11-15-49(67)16-12-39)59(75)27-41-7-9-42(10-8-41)28-60(76)74-36-46-30-52(64(78)70-22-20-40-13-17-50(68)18-14-40)54(32-48(46)38-74)66(80)72-34-44-25-57(83-3)62(86-6)58(26-44)84-4/h7-18,23-26,29-32H,19-22,27-28,33-38H2,1-6H3,(H,69,77)(H,70,78)(H,71,79)(H,72,80). The average Bonchev–Trinajstić information content (AvgIpc) is 2.59. The van der Waals surface area contributed by atoms with Crippen LogP contribution in [0.4, 0.5) is 0 Å². The molecule has 20 heteroatoms. The van der Waals surface area contributed by atoms with Crippen molar-refractivity contribution in [2.75, 3.05) is 55.7 Å². The SMILES string of the molecule is COc1cc(CNC(=O)c2cc3c(cc2C(=O)NCCc2ccc(Cl)cc2)CN(C(=O)Cc2ccc(CC(=O)N4Cc5cc(C(=O)NCCc6ccc(Cl)cc6)c(C(=O)NCc6cc(OC)c(OC)c(OC)c6)cc5C4)cc2)C3)cc(OC)c1OC. The maximum absolute atomic E-state index is 14.1. The highest BCUT2D eigenvalue weighted by Gasteiger charge is 2.31. The molecule has 7 aromatic rings. The van der Waals surface area contributed by atoms with Gasteiger partial charge in [0.15, 0.2) is 23.0 Å². The summed E-state index contributed by atoms with van der Waals surface area (Å²) in [6.45, 7) is 1.67. The molecule has 0 saturated carbocycles. The summed E-state index contributed by atoms with van der Waals surface area (Å²) < 4.78 is 33.0. The van der Waals surface area contributed by atoms with E-state index in [4.69, 9.17) is 51.6 Å². The van der Waals surface area contributed by atoms with Gasteiger partial charge < -0.3 is 59.5 Å². The van der Waals surface area contributed by atoms with Gasteiger partial charge in [0.25, 0.3) is 23.6 Å². The number of hydrogen-bond donors (Lipinski definition) is 4.